The standard InChI is InChI=1S/C21H22N8/c1-3-29-18-7-5-4-6-17(18)26-20(29)16(12-22)19-15(2)13-25-21(27-19)24-9-11-28-10-8-23-14-28/h4-8,10,13-14,26H,3,9,11H2,1-2H3,(H,24,25,27)/b20-16+. The van der Waals surface area contributed by atoms with E-state index in [2.05, 4.69) is 43.5 Å². The summed E-state index contributed by atoms with van der Waals surface area (Å²) in [5.74, 6) is 1.25. The third kappa shape index (κ3) is 3.62. The predicted octanol–water partition coefficient (Wildman–Crippen LogP) is 3.24. The van der Waals surface area contributed by atoms with E-state index in [4.69, 9.17) is 0 Å². The first kappa shape index (κ1) is 18.5. The van der Waals surface area contributed by atoms with Gasteiger partial charge in [-0.15, -0.1) is 0 Å². The highest BCUT2D eigenvalue weighted by Gasteiger charge is 2.27. The number of allylic oxidation sites excluding steroid dienone is 1. The molecule has 3 aromatic rings. The molecule has 0 unspecified atom stereocenters. The Balaban J connectivity index is 1.64. The molecule has 3 heterocycles. The quantitative estimate of drug-likeness (QED) is 0.628. The Morgan fingerprint density at radius 2 is 2.17 bits per heavy atom. The molecular formula is C21H22N8. The third-order valence-electron chi connectivity index (χ3n) is 4.80. The average molecular weight is 386 g/mol. The monoisotopic (exact) mass is 386 g/mol. The van der Waals surface area contributed by atoms with Crippen molar-refractivity contribution in [2.75, 3.05) is 28.6 Å². The lowest BCUT2D eigenvalue weighted by Crippen LogP contribution is -2.22. The molecule has 0 atom stereocenters. The summed E-state index contributed by atoms with van der Waals surface area (Å²) in [7, 11) is 0. The Labute approximate surface area is 169 Å². The number of rotatable bonds is 6. The number of aromatic nitrogens is 4. The summed E-state index contributed by atoms with van der Waals surface area (Å²) in [5.41, 5.74) is 4.02. The summed E-state index contributed by atoms with van der Waals surface area (Å²) in [6.45, 7) is 6.13. The molecule has 1 aliphatic rings. The van der Waals surface area contributed by atoms with E-state index < -0.39 is 0 Å². The lowest BCUT2D eigenvalue weighted by atomic mass is 10.1. The van der Waals surface area contributed by atoms with Crippen LogP contribution in [0.4, 0.5) is 17.3 Å². The number of nitrogens with one attached hydrogen (secondary N) is 2. The zero-order chi connectivity index (χ0) is 20.2. The van der Waals surface area contributed by atoms with Gasteiger partial charge in [-0.25, -0.2) is 15.0 Å². The van der Waals surface area contributed by atoms with Crippen LogP contribution in [0.5, 0.6) is 0 Å². The van der Waals surface area contributed by atoms with Gasteiger partial charge in [0.05, 0.1) is 23.4 Å². The minimum atomic E-state index is 0.498. The van der Waals surface area contributed by atoms with Crippen molar-refractivity contribution < 1.29 is 0 Å². The van der Waals surface area contributed by atoms with E-state index in [1.807, 2.05) is 42.0 Å². The van der Waals surface area contributed by atoms with Gasteiger partial charge in [-0.1, -0.05) is 12.1 Å². The molecule has 0 fully saturated rings. The van der Waals surface area contributed by atoms with Crippen LogP contribution in [0.15, 0.2) is 55.0 Å². The first-order valence-electron chi connectivity index (χ1n) is 9.53. The van der Waals surface area contributed by atoms with E-state index in [1.54, 1.807) is 18.7 Å². The van der Waals surface area contributed by atoms with Crippen LogP contribution < -0.4 is 15.5 Å². The minimum Gasteiger partial charge on any atom is -0.352 e. The summed E-state index contributed by atoms with van der Waals surface area (Å²) in [6.07, 6.45) is 7.17. The molecule has 0 amide bonds. The average Bonchev–Trinajstić information content (AvgIpc) is 3.38. The fourth-order valence-corrected chi connectivity index (χ4v) is 3.37. The Morgan fingerprint density at radius 1 is 1.31 bits per heavy atom. The van der Waals surface area contributed by atoms with Crippen LogP contribution in [-0.2, 0) is 6.54 Å². The summed E-state index contributed by atoms with van der Waals surface area (Å²) < 4.78 is 1.98. The third-order valence-corrected chi connectivity index (χ3v) is 4.80. The van der Waals surface area contributed by atoms with Gasteiger partial charge in [0.15, 0.2) is 0 Å². The van der Waals surface area contributed by atoms with Gasteiger partial charge in [-0.2, -0.15) is 5.26 Å². The minimum absolute atomic E-state index is 0.498. The van der Waals surface area contributed by atoms with Crippen molar-refractivity contribution in [1.29, 1.82) is 5.26 Å². The van der Waals surface area contributed by atoms with Crippen LogP contribution in [0.1, 0.15) is 18.2 Å². The van der Waals surface area contributed by atoms with Crippen LogP contribution in [0, 0.1) is 18.3 Å². The van der Waals surface area contributed by atoms with Crippen LogP contribution in [0.3, 0.4) is 0 Å². The number of imidazole rings is 1. The van der Waals surface area contributed by atoms with E-state index in [9.17, 15) is 5.26 Å². The van der Waals surface area contributed by atoms with E-state index in [1.165, 1.54) is 0 Å². The fourth-order valence-electron chi connectivity index (χ4n) is 3.37. The van der Waals surface area contributed by atoms with E-state index in [0.717, 1.165) is 35.8 Å². The SMILES string of the molecule is CCN1/C(=C(\C#N)c2nc(NCCn3ccnc3)ncc2C)Nc2ccccc21. The number of anilines is 3. The largest absolute Gasteiger partial charge is 0.352 e. The van der Waals surface area contributed by atoms with Gasteiger partial charge in [-0.05, 0) is 31.5 Å². The molecule has 29 heavy (non-hydrogen) atoms. The van der Waals surface area contributed by atoms with Gasteiger partial charge in [-0.3, -0.25) is 0 Å². The van der Waals surface area contributed by atoms with Crippen molar-refractivity contribution >= 4 is 22.9 Å². The maximum Gasteiger partial charge on any atom is 0.223 e. The molecule has 1 aliphatic heterocycles. The molecule has 0 bridgehead atoms. The second kappa shape index (κ2) is 8.02. The summed E-state index contributed by atoms with van der Waals surface area (Å²) in [4.78, 5) is 15.1. The van der Waals surface area contributed by atoms with Crippen molar-refractivity contribution in [3.8, 4) is 6.07 Å². The molecule has 8 nitrogen and oxygen atoms in total. The second-order valence-electron chi connectivity index (χ2n) is 6.67. The number of aryl methyl sites for hydroxylation is 1. The molecule has 0 spiro atoms. The van der Waals surface area contributed by atoms with Crippen LogP contribution in [-0.4, -0.2) is 32.6 Å². The van der Waals surface area contributed by atoms with Crippen molar-refractivity contribution in [2.24, 2.45) is 0 Å². The van der Waals surface area contributed by atoms with Gasteiger partial charge in [0, 0.05) is 38.2 Å². The molecule has 146 valence electrons. The molecule has 4 rings (SSSR count). The fraction of sp³-hybridized carbons (Fsp3) is 0.238. The smallest absolute Gasteiger partial charge is 0.223 e. The summed E-state index contributed by atoms with van der Waals surface area (Å²) in [6, 6.07) is 10.4. The van der Waals surface area contributed by atoms with Gasteiger partial charge < -0.3 is 20.1 Å². The number of nitrogens with zero attached hydrogens (tertiary/aromatic N) is 6. The van der Waals surface area contributed by atoms with E-state index >= 15 is 0 Å². The Kier molecular flexibility index (Phi) is 5.12. The van der Waals surface area contributed by atoms with Crippen LogP contribution in [0.25, 0.3) is 5.57 Å². The molecule has 0 saturated heterocycles. The maximum atomic E-state index is 9.98. The lowest BCUT2D eigenvalue weighted by molar-refractivity contribution is 0.723. The molecule has 0 saturated carbocycles. The summed E-state index contributed by atoms with van der Waals surface area (Å²) >= 11 is 0. The van der Waals surface area contributed by atoms with Crippen LogP contribution >= 0.6 is 0 Å². The maximum absolute atomic E-state index is 9.98. The van der Waals surface area contributed by atoms with Crippen molar-refractivity contribution in [2.45, 2.75) is 20.4 Å². The second-order valence-corrected chi connectivity index (χ2v) is 6.67. The van der Waals surface area contributed by atoms with Crippen LogP contribution in [0.2, 0.25) is 0 Å². The molecule has 8 heteroatoms. The Hall–Kier alpha value is -3.86. The molecule has 0 radical (unpaired) electrons. The highest BCUT2D eigenvalue weighted by Crippen LogP contribution is 2.38. The normalized spacial score (nSPS) is 14.2. The zero-order valence-electron chi connectivity index (χ0n) is 16.4. The van der Waals surface area contributed by atoms with Gasteiger partial charge in [0.25, 0.3) is 0 Å². The number of benzene rings is 1. The number of hydrogen-bond donors (Lipinski definition) is 2. The molecule has 2 aromatic heterocycles. The highest BCUT2D eigenvalue weighted by molar-refractivity contribution is 5.91. The van der Waals surface area contributed by atoms with Gasteiger partial charge in [0.1, 0.15) is 17.5 Å². The molecule has 0 aliphatic carbocycles. The highest BCUT2D eigenvalue weighted by atomic mass is 15.3. The van der Waals surface area contributed by atoms with Gasteiger partial charge in [0.2, 0.25) is 5.95 Å². The topological polar surface area (TPSA) is 94.7 Å². The number of hydrogen-bond acceptors (Lipinski definition) is 7. The van der Waals surface area contributed by atoms with Crippen molar-refractivity contribution in [3.63, 3.8) is 0 Å². The van der Waals surface area contributed by atoms with Crippen molar-refractivity contribution in [1.82, 2.24) is 19.5 Å². The first-order chi connectivity index (χ1) is 14.2. The van der Waals surface area contributed by atoms with Gasteiger partial charge >= 0.3 is 0 Å². The zero-order valence-corrected chi connectivity index (χ0v) is 16.4. The van der Waals surface area contributed by atoms with Crippen molar-refractivity contribution in [3.05, 3.63) is 66.3 Å². The number of fused-ring (bicyclic) bond motifs is 1. The lowest BCUT2D eigenvalue weighted by Gasteiger charge is -2.19. The molecule has 1 aromatic carbocycles. The molecule has 2 N–H and O–H groups in total. The Morgan fingerprint density at radius 3 is 2.93 bits per heavy atom. The first-order valence-corrected chi connectivity index (χ1v) is 9.53. The number of para-hydroxylation sites is 2. The summed E-state index contributed by atoms with van der Waals surface area (Å²) in [5, 5.41) is 16.6. The van der Waals surface area contributed by atoms with E-state index in [-0.39, 0.29) is 0 Å². The van der Waals surface area contributed by atoms with E-state index in [0.29, 0.717) is 23.8 Å². The number of nitriles is 1. The predicted molar refractivity (Wildman–Crippen MR) is 113 cm³/mol. The molecular weight excluding hydrogens is 364 g/mol. The Bertz CT molecular complexity index is 1080.